The molecular weight excluding hydrogens is 376 g/mol. The van der Waals surface area contributed by atoms with Crippen molar-refractivity contribution >= 4 is 22.4 Å². The van der Waals surface area contributed by atoms with E-state index in [1.807, 2.05) is 12.1 Å². The van der Waals surface area contributed by atoms with E-state index in [0.29, 0.717) is 17.2 Å². The molecule has 0 saturated carbocycles. The fourth-order valence-corrected chi connectivity index (χ4v) is 4.16. The standard InChI is InChI=1S/C25H28N2O3/c1-29-21-10-11-23(24(16-21)30-2)26-25(28)19-12-14-27(15-13-19)17-20-8-5-7-18-6-3-4-9-22(18)20/h3-11,16,19H,12-15,17H2,1-2H3,(H,26,28). The molecule has 0 aliphatic carbocycles. The van der Waals surface area contributed by atoms with Crippen LogP contribution in [0.25, 0.3) is 10.8 Å². The third kappa shape index (κ3) is 4.41. The summed E-state index contributed by atoms with van der Waals surface area (Å²) in [5.74, 6) is 1.38. The number of ether oxygens (including phenoxy) is 2. The Morgan fingerprint density at radius 2 is 1.77 bits per heavy atom. The zero-order valence-corrected chi connectivity index (χ0v) is 17.6. The van der Waals surface area contributed by atoms with E-state index in [1.165, 1.54) is 16.3 Å². The number of nitrogens with zero attached hydrogens (tertiary/aromatic N) is 1. The SMILES string of the molecule is COc1ccc(NC(=O)C2CCN(Cc3cccc4ccccc34)CC2)c(OC)c1. The number of piperidine rings is 1. The van der Waals surface area contributed by atoms with E-state index in [0.717, 1.165) is 32.5 Å². The van der Waals surface area contributed by atoms with E-state index in [1.54, 1.807) is 20.3 Å². The van der Waals surface area contributed by atoms with Gasteiger partial charge in [-0.2, -0.15) is 0 Å². The van der Waals surface area contributed by atoms with Gasteiger partial charge in [0.15, 0.2) is 0 Å². The number of fused-ring (bicyclic) bond motifs is 1. The fourth-order valence-electron chi connectivity index (χ4n) is 4.16. The second kappa shape index (κ2) is 9.18. The molecule has 1 saturated heterocycles. The molecule has 3 aromatic rings. The first-order chi connectivity index (χ1) is 14.7. The molecule has 5 heteroatoms. The number of hydrogen-bond donors (Lipinski definition) is 1. The van der Waals surface area contributed by atoms with Crippen molar-refractivity contribution in [2.75, 3.05) is 32.6 Å². The fraction of sp³-hybridized carbons (Fsp3) is 0.320. The molecule has 1 aliphatic heterocycles. The van der Waals surface area contributed by atoms with Crippen LogP contribution in [-0.2, 0) is 11.3 Å². The summed E-state index contributed by atoms with van der Waals surface area (Å²) in [5.41, 5.74) is 2.03. The molecule has 1 aliphatic rings. The van der Waals surface area contributed by atoms with Crippen LogP contribution in [0.1, 0.15) is 18.4 Å². The third-order valence-electron chi connectivity index (χ3n) is 5.90. The molecule has 1 amide bonds. The molecule has 5 nitrogen and oxygen atoms in total. The Bertz CT molecular complexity index is 1020. The third-order valence-corrected chi connectivity index (χ3v) is 5.90. The lowest BCUT2D eigenvalue weighted by atomic mass is 9.95. The van der Waals surface area contributed by atoms with Gasteiger partial charge < -0.3 is 14.8 Å². The summed E-state index contributed by atoms with van der Waals surface area (Å²) in [7, 11) is 3.20. The number of carbonyl (C=O) groups excluding carboxylic acids is 1. The minimum Gasteiger partial charge on any atom is -0.497 e. The van der Waals surface area contributed by atoms with Crippen molar-refractivity contribution in [1.29, 1.82) is 0 Å². The molecule has 1 fully saturated rings. The van der Waals surface area contributed by atoms with Crippen molar-refractivity contribution in [3.63, 3.8) is 0 Å². The zero-order chi connectivity index (χ0) is 20.9. The topological polar surface area (TPSA) is 50.8 Å². The van der Waals surface area contributed by atoms with Gasteiger partial charge in [-0.3, -0.25) is 9.69 Å². The summed E-state index contributed by atoms with van der Waals surface area (Å²) in [6.07, 6.45) is 1.71. The van der Waals surface area contributed by atoms with Crippen molar-refractivity contribution < 1.29 is 14.3 Å². The monoisotopic (exact) mass is 404 g/mol. The minimum absolute atomic E-state index is 0.0144. The van der Waals surface area contributed by atoms with E-state index < -0.39 is 0 Å². The molecule has 0 radical (unpaired) electrons. The molecule has 3 aromatic carbocycles. The number of benzene rings is 3. The van der Waals surface area contributed by atoms with Crippen LogP contribution in [0.15, 0.2) is 60.7 Å². The maximum atomic E-state index is 12.8. The molecule has 0 atom stereocenters. The molecule has 30 heavy (non-hydrogen) atoms. The number of likely N-dealkylation sites (tertiary alicyclic amines) is 1. The van der Waals surface area contributed by atoms with E-state index in [4.69, 9.17) is 9.47 Å². The lowest BCUT2D eigenvalue weighted by Gasteiger charge is -2.31. The van der Waals surface area contributed by atoms with Gasteiger partial charge in [0.25, 0.3) is 0 Å². The van der Waals surface area contributed by atoms with Crippen LogP contribution < -0.4 is 14.8 Å². The molecule has 1 N–H and O–H groups in total. The highest BCUT2D eigenvalue weighted by Crippen LogP contribution is 2.30. The highest BCUT2D eigenvalue weighted by Gasteiger charge is 2.26. The van der Waals surface area contributed by atoms with Gasteiger partial charge in [0.1, 0.15) is 11.5 Å². The summed E-state index contributed by atoms with van der Waals surface area (Å²) in [5, 5.41) is 5.62. The average Bonchev–Trinajstić information content (AvgIpc) is 2.80. The van der Waals surface area contributed by atoms with Crippen molar-refractivity contribution in [3.8, 4) is 11.5 Å². The predicted molar refractivity (Wildman–Crippen MR) is 120 cm³/mol. The Labute approximate surface area is 177 Å². The highest BCUT2D eigenvalue weighted by molar-refractivity contribution is 5.94. The summed E-state index contributed by atoms with van der Waals surface area (Å²) in [6, 6.07) is 20.4. The lowest BCUT2D eigenvalue weighted by molar-refractivity contribution is -0.121. The van der Waals surface area contributed by atoms with Crippen LogP contribution in [-0.4, -0.2) is 38.1 Å². The maximum Gasteiger partial charge on any atom is 0.227 e. The first-order valence-corrected chi connectivity index (χ1v) is 10.4. The largest absolute Gasteiger partial charge is 0.497 e. The van der Waals surface area contributed by atoms with Gasteiger partial charge in [-0.25, -0.2) is 0 Å². The van der Waals surface area contributed by atoms with E-state index >= 15 is 0 Å². The molecule has 0 spiro atoms. The van der Waals surface area contributed by atoms with Gasteiger partial charge in [0.2, 0.25) is 5.91 Å². The number of carbonyl (C=O) groups is 1. The van der Waals surface area contributed by atoms with Gasteiger partial charge in [-0.05, 0) is 54.4 Å². The van der Waals surface area contributed by atoms with Crippen LogP contribution in [0.3, 0.4) is 0 Å². The Morgan fingerprint density at radius 1 is 1.00 bits per heavy atom. The van der Waals surface area contributed by atoms with Crippen molar-refractivity contribution in [2.24, 2.45) is 5.92 Å². The van der Waals surface area contributed by atoms with Gasteiger partial charge in [0, 0.05) is 18.5 Å². The quantitative estimate of drug-likeness (QED) is 0.647. The Morgan fingerprint density at radius 3 is 2.53 bits per heavy atom. The molecule has 4 rings (SSSR count). The summed E-state index contributed by atoms with van der Waals surface area (Å²) < 4.78 is 10.6. The first kappa shape index (κ1) is 20.2. The van der Waals surface area contributed by atoms with Crippen molar-refractivity contribution in [1.82, 2.24) is 4.90 Å². The van der Waals surface area contributed by atoms with Gasteiger partial charge >= 0.3 is 0 Å². The number of methoxy groups -OCH3 is 2. The minimum atomic E-state index is 0.0144. The predicted octanol–water partition coefficient (Wildman–Crippen LogP) is 4.71. The van der Waals surface area contributed by atoms with E-state index in [-0.39, 0.29) is 11.8 Å². The average molecular weight is 405 g/mol. The summed E-state index contributed by atoms with van der Waals surface area (Å²) in [4.78, 5) is 15.3. The smallest absolute Gasteiger partial charge is 0.227 e. The van der Waals surface area contributed by atoms with E-state index in [2.05, 4.69) is 52.7 Å². The second-order valence-electron chi connectivity index (χ2n) is 7.74. The highest BCUT2D eigenvalue weighted by atomic mass is 16.5. The lowest BCUT2D eigenvalue weighted by Crippen LogP contribution is -2.37. The first-order valence-electron chi connectivity index (χ1n) is 10.4. The number of hydrogen-bond acceptors (Lipinski definition) is 4. The number of anilines is 1. The Kier molecular flexibility index (Phi) is 6.19. The Balaban J connectivity index is 1.36. The number of rotatable bonds is 6. The summed E-state index contributed by atoms with van der Waals surface area (Å²) in [6.45, 7) is 2.75. The van der Waals surface area contributed by atoms with Crippen LogP contribution in [0.2, 0.25) is 0 Å². The van der Waals surface area contributed by atoms with Crippen LogP contribution in [0.5, 0.6) is 11.5 Å². The molecule has 156 valence electrons. The molecule has 0 bridgehead atoms. The molecule has 0 aromatic heterocycles. The number of nitrogens with one attached hydrogen (secondary N) is 1. The van der Waals surface area contributed by atoms with Gasteiger partial charge in [0.05, 0.1) is 19.9 Å². The van der Waals surface area contributed by atoms with Crippen molar-refractivity contribution in [3.05, 3.63) is 66.2 Å². The van der Waals surface area contributed by atoms with Crippen LogP contribution in [0, 0.1) is 5.92 Å². The van der Waals surface area contributed by atoms with Crippen LogP contribution in [0.4, 0.5) is 5.69 Å². The molecule has 1 heterocycles. The van der Waals surface area contributed by atoms with E-state index in [9.17, 15) is 4.79 Å². The normalized spacial score (nSPS) is 15.1. The summed E-state index contributed by atoms with van der Waals surface area (Å²) >= 11 is 0. The van der Waals surface area contributed by atoms with Gasteiger partial charge in [-0.1, -0.05) is 42.5 Å². The molecular formula is C25H28N2O3. The maximum absolute atomic E-state index is 12.8. The molecule has 0 unspecified atom stereocenters. The van der Waals surface area contributed by atoms with Gasteiger partial charge in [-0.15, -0.1) is 0 Å². The number of amides is 1. The zero-order valence-electron chi connectivity index (χ0n) is 17.6. The second-order valence-corrected chi connectivity index (χ2v) is 7.74. The van der Waals surface area contributed by atoms with Crippen molar-refractivity contribution in [2.45, 2.75) is 19.4 Å². The Hall–Kier alpha value is -3.05. The van der Waals surface area contributed by atoms with Crippen LogP contribution >= 0.6 is 0 Å².